The van der Waals surface area contributed by atoms with E-state index in [1.165, 1.54) is 11.3 Å². The van der Waals surface area contributed by atoms with Gasteiger partial charge in [-0.2, -0.15) is 0 Å². The molecule has 0 radical (unpaired) electrons. The monoisotopic (exact) mass is 318 g/mol. The second-order valence-corrected chi connectivity index (χ2v) is 5.93. The van der Waals surface area contributed by atoms with E-state index < -0.39 is 11.6 Å². The highest BCUT2D eigenvalue weighted by Crippen LogP contribution is 2.33. The van der Waals surface area contributed by atoms with Gasteiger partial charge in [0.2, 0.25) is 0 Å². The molecule has 3 aromatic rings. The molecule has 0 aromatic carbocycles. The minimum Gasteiger partial charge on any atom is -0.459 e. The molecule has 0 aliphatic rings. The van der Waals surface area contributed by atoms with E-state index in [4.69, 9.17) is 9.15 Å². The molecule has 3 aromatic heterocycles. The molecule has 0 N–H and O–H groups in total. The molecule has 22 heavy (non-hydrogen) atoms. The number of aryl methyl sites for hydroxylation is 2. The van der Waals surface area contributed by atoms with Crippen molar-refractivity contribution in [3.63, 3.8) is 0 Å². The predicted molar refractivity (Wildman–Crippen MR) is 83.6 cm³/mol. The lowest BCUT2D eigenvalue weighted by Crippen LogP contribution is -2.11. The van der Waals surface area contributed by atoms with Crippen LogP contribution in [0.4, 0.5) is 0 Å². The fraction of sp³-hybridized carbons (Fsp3) is 0.333. The van der Waals surface area contributed by atoms with E-state index >= 15 is 0 Å². The summed E-state index contributed by atoms with van der Waals surface area (Å²) < 4.78 is 10.2. The molecule has 3 heterocycles. The summed E-state index contributed by atoms with van der Waals surface area (Å²) in [7, 11) is 0. The average molecular weight is 318 g/mol. The van der Waals surface area contributed by atoms with Crippen molar-refractivity contribution < 1.29 is 13.9 Å². The molecule has 0 saturated carbocycles. The lowest BCUT2D eigenvalue weighted by atomic mass is 10.1. The number of hydrogen-bond donors (Lipinski definition) is 0. The smallest absolute Gasteiger partial charge is 0.394 e. The number of fused-ring (bicyclic) bond motifs is 3. The molecule has 114 valence electrons. The Morgan fingerprint density at radius 2 is 1.95 bits per heavy atom. The molecule has 0 amide bonds. The van der Waals surface area contributed by atoms with Gasteiger partial charge >= 0.3 is 17.5 Å². The summed E-state index contributed by atoms with van der Waals surface area (Å²) >= 11 is 1.23. The van der Waals surface area contributed by atoms with Crippen LogP contribution < -0.4 is 5.63 Å². The third kappa shape index (κ3) is 2.09. The van der Waals surface area contributed by atoms with Crippen LogP contribution in [0.25, 0.3) is 20.4 Å². The third-order valence-corrected chi connectivity index (χ3v) is 4.71. The molecular weight excluding hydrogens is 304 g/mol. The molecule has 3 rings (SSSR count). The first kappa shape index (κ1) is 14.6. The topological polar surface area (TPSA) is 82.3 Å². The van der Waals surface area contributed by atoms with Crippen LogP contribution >= 0.6 is 11.3 Å². The third-order valence-electron chi connectivity index (χ3n) is 3.65. The fourth-order valence-corrected chi connectivity index (χ4v) is 3.40. The van der Waals surface area contributed by atoms with E-state index in [-0.39, 0.29) is 12.5 Å². The minimum absolute atomic E-state index is 0.186. The lowest BCUT2D eigenvalue weighted by molar-refractivity contribution is 0.0474. The number of pyridine rings is 1. The van der Waals surface area contributed by atoms with E-state index in [2.05, 4.69) is 9.97 Å². The molecule has 6 nitrogen and oxygen atoms in total. The number of aromatic nitrogens is 2. The second kappa shape index (κ2) is 5.17. The van der Waals surface area contributed by atoms with Crippen molar-refractivity contribution in [3.05, 3.63) is 33.1 Å². The Balaban J connectivity index is 2.41. The first-order chi connectivity index (χ1) is 10.4. The molecule has 0 fully saturated rings. The fourth-order valence-electron chi connectivity index (χ4n) is 2.31. The van der Waals surface area contributed by atoms with E-state index in [0.717, 1.165) is 27.0 Å². The molecule has 0 saturated heterocycles. The molecular formula is C15H14N2O4S. The SMILES string of the molecule is CCOC(=O)c1nc2c(sc3nc(C)c(C)c(C)c32)c(=O)o1. The Morgan fingerprint density at radius 1 is 1.23 bits per heavy atom. The van der Waals surface area contributed by atoms with Crippen LogP contribution in [0.15, 0.2) is 9.21 Å². The van der Waals surface area contributed by atoms with E-state index in [1.807, 2.05) is 20.8 Å². The number of hydrogen-bond acceptors (Lipinski definition) is 7. The van der Waals surface area contributed by atoms with Gasteiger partial charge in [-0.1, -0.05) is 0 Å². The summed E-state index contributed by atoms with van der Waals surface area (Å²) in [6.45, 7) is 7.71. The number of rotatable bonds is 2. The van der Waals surface area contributed by atoms with Crippen LogP contribution in [0.2, 0.25) is 0 Å². The first-order valence-corrected chi connectivity index (χ1v) is 7.64. The van der Waals surface area contributed by atoms with Crippen LogP contribution in [-0.2, 0) is 4.74 Å². The highest BCUT2D eigenvalue weighted by atomic mass is 32.1. The number of esters is 1. The van der Waals surface area contributed by atoms with Crippen LogP contribution in [0.1, 0.15) is 34.4 Å². The zero-order valence-electron chi connectivity index (χ0n) is 12.6. The summed E-state index contributed by atoms with van der Waals surface area (Å²) in [5.74, 6) is -1.06. The van der Waals surface area contributed by atoms with Gasteiger partial charge in [0.15, 0.2) is 0 Å². The van der Waals surface area contributed by atoms with E-state index in [9.17, 15) is 9.59 Å². The van der Waals surface area contributed by atoms with Gasteiger partial charge in [-0.3, -0.25) is 0 Å². The van der Waals surface area contributed by atoms with Gasteiger partial charge in [-0.05, 0) is 38.8 Å². The molecule has 0 bridgehead atoms. The van der Waals surface area contributed by atoms with Gasteiger partial charge in [-0.25, -0.2) is 19.6 Å². The van der Waals surface area contributed by atoms with Gasteiger partial charge in [-0.15, -0.1) is 11.3 Å². The quantitative estimate of drug-likeness (QED) is 0.676. The standard InChI is InChI=1S/C15H14N2O4S/c1-5-20-15(19)12-17-10-9-7(3)6(2)8(4)16-13(9)22-11(10)14(18)21-12/h5H2,1-4H3. The molecule has 7 heteroatoms. The maximum Gasteiger partial charge on any atom is 0.394 e. The summed E-state index contributed by atoms with van der Waals surface area (Å²) in [6, 6.07) is 0. The number of ether oxygens (including phenoxy) is 1. The van der Waals surface area contributed by atoms with Gasteiger partial charge in [0.1, 0.15) is 15.0 Å². The first-order valence-electron chi connectivity index (χ1n) is 6.82. The minimum atomic E-state index is -0.740. The van der Waals surface area contributed by atoms with Crippen LogP contribution in [0.5, 0.6) is 0 Å². The average Bonchev–Trinajstić information content (AvgIpc) is 2.84. The summed E-state index contributed by atoms with van der Waals surface area (Å²) in [5.41, 5.74) is 2.81. The Kier molecular flexibility index (Phi) is 3.44. The van der Waals surface area contributed by atoms with Crippen LogP contribution in [-0.4, -0.2) is 22.5 Å². The highest BCUT2D eigenvalue weighted by molar-refractivity contribution is 7.25. The van der Waals surface area contributed by atoms with Crippen LogP contribution in [0, 0.1) is 20.8 Å². The molecule has 0 aliphatic heterocycles. The number of carbonyl (C=O) groups excluding carboxylic acids is 1. The maximum atomic E-state index is 12.1. The zero-order chi connectivity index (χ0) is 16.0. The van der Waals surface area contributed by atoms with Crippen LogP contribution in [0.3, 0.4) is 0 Å². The Bertz CT molecular complexity index is 971. The molecule has 0 aliphatic carbocycles. The molecule has 0 spiro atoms. The number of nitrogens with zero attached hydrogens (tertiary/aromatic N) is 2. The lowest BCUT2D eigenvalue weighted by Gasteiger charge is -2.05. The van der Waals surface area contributed by atoms with Gasteiger partial charge in [0.25, 0.3) is 0 Å². The van der Waals surface area contributed by atoms with E-state index in [1.54, 1.807) is 6.92 Å². The van der Waals surface area contributed by atoms with Crippen molar-refractivity contribution in [1.82, 2.24) is 9.97 Å². The highest BCUT2D eigenvalue weighted by Gasteiger charge is 2.21. The summed E-state index contributed by atoms with van der Waals surface area (Å²) in [6.07, 6.45) is 0. The number of thiophene rings is 1. The summed E-state index contributed by atoms with van der Waals surface area (Å²) in [5, 5.41) is 0.793. The predicted octanol–water partition coefficient (Wildman–Crippen LogP) is 2.90. The van der Waals surface area contributed by atoms with Crippen molar-refractivity contribution in [2.24, 2.45) is 0 Å². The van der Waals surface area contributed by atoms with Crippen molar-refractivity contribution in [3.8, 4) is 0 Å². The molecule has 0 atom stereocenters. The Hall–Kier alpha value is -2.28. The van der Waals surface area contributed by atoms with Gasteiger partial charge < -0.3 is 9.15 Å². The Morgan fingerprint density at radius 3 is 2.64 bits per heavy atom. The molecule has 0 unspecified atom stereocenters. The summed E-state index contributed by atoms with van der Waals surface area (Å²) in [4.78, 5) is 33.3. The number of carbonyl (C=O) groups is 1. The van der Waals surface area contributed by atoms with Gasteiger partial charge in [0.05, 0.1) is 6.61 Å². The maximum absolute atomic E-state index is 12.1. The van der Waals surface area contributed by atoms with Crippen molar-refractivity contribution in [1.29, 1.82) is 0 Å². The van der Waals surface area contributed by atoms with Crippen molar-refractivity contribution >= 4 is 37.7 Å². The van der Waals surface area contributed by atoms with E-state index in [0.29, 0.717) is 10.2 Å². The largest absolute Gasteiger partial charge is 0.459 e. The van der Waals surface area contributed by atoms with Crippen molar-refractivity contribution in [2.45, 2.75) is 27.7 Å². The zero-order valence-corrected chi connectivity index (χ0v) is 13.5. The van der Waals surface area contributed by atoms with Crippen molar-refractivity contribution in [2.75, 3.05) is 6.61 Å². The van der Waals surface area contributed by atoms with Gasteiger partial charge in [0, 0.05) is 11.1 Å². The normalized spacial score (nSPS) is 11.3. The second-order valence-electron chi connectivity index (χ2n) is 4.93. The Labute approximate surface area is 129 Å².